The zero-order chi connectivity index (χ0) is 21.7. The van der Waals surface area contributed by atoms with E-state index in [4.69, 9.17) is 9.94 Å². The lowest BCUT2D eigenvalue weighted by atomic mass is 10.0. The molecule has 0 aliphatic carbocycles. The Labute approximate surface area is 173 Å². The number of hydrogen-bond donors (Lipinski definition) is 1. The van der Waals surface area contributed by atoms with Gasteiger partial charge in [0.2, 0.25) is 0 Å². The molecule has 1 N–H and O–H groups in total. The van der Waals surface area contributed by atoms with Crippen molar-refractivity contribution in [2.24, 2.45) is 5.92 Å². The summed E-state index contributed by atoms with van der Waals surface area (Å²) in [6, 6.07) is 10.5. The normalized spacial score (nSPS) is 13.8. The largest absolute Gasteiger partial charge is 0.481 e. The van der Waals surface area contributed by atoms with Crippen LogP contribution in [-0.4, -0.2) is 41.9 Å². The van der Waals surface area contributed by atoms with E-state index < -0.39 is 23.6 Å². The van der Waals surface area contributed by atoms with Gasteiger partial charge in [-0.2, -0.15) is 0 Å². The van der Waals surface area contributed by atoms with Gasteiger partial charge in [0.25, 0.3) is 0 Å². The highest BCUT2D eigenvalue weighted by Gasteiger charge is 2.29. The zero-order valence-electron chi connectivity index (χ0n) is 16.7. The van der Waals surface area contributed by atoms with E-state index in [1.165, 1.54) is 12.1 Å². The molecule has 1 atom stereocenters. The lowest BCUT2D eigenvalue weighted by Gasteiger charge is -2.28. The Morgan fingerprint density at radius 3 is 2.73 bits per heavy atom. The zero-order valence-corrected chi connectivity index (χ0v) is 16.7. The van der Waals surface area contributed by atoms with Crippen molar-refractivity contribution in [3.8, 4) is 0 Å². The molecule has 0 saturated carbocycles. The molecule has 2 aromatic rings. The van der Waals surface area contributed by atoms with Gasteiger partial charge in [-0.1, -0.05) is 31.2 Å². The van der Waals surface area contributed by atoms with Crippen LogP contribution in [0.1, 0.15) is 24.5 Å². The van der Waals surface area contributed by atoms with Crippen LogP contribution >= 0.6 is 0 Å². The number of carboxylic acids is 1. The molecule has 0 aromatic heterocycles. The number of urea groups is 1. The summed E-state index contributed by atoms with van der Waals surface area (Å²) in [7, 11) is 0. The first-order valence-electron chi connectivity index (χ1n) is 9.80. The molecule has 0 radical (unpaired) electrons. The monoisotopic (exact) mass is 418 g/mol. The van der Waals surface area contributed by atoms with Gasteiger partial charge in [0.05, 0.1) is 19.6 Å². The molecule has 3 rings (SSSR count). The Morgan fingerprint density at radius 1 is 1.23 bits per heavy atom. The van der Waals surface area contributed by atoms with Crippen LogP contribution in [0.15, 0.2) is 42.5 Å². The summed E-state index contributed by atoms with van der Waals surface area (Å²) in [5, 5.41) is 10.1. The molecule has 2 aromatic carbocycles. The highest BCUT2D eigenvalue weighted by atomic mass is 19.1. The third-order valence-electron chi connectivity index (χ3n) is 4.96. The highest BCUT2D eigenvalue weighted by molar-refractivity contribution is 5.93. The van der Waals surface area contributed by atoms with Crippen molar-refractivity contribution >= 4 is 17.7 Å². The van der Waals surface area contributed by atoms with Crippen LogP contribution in [0.2, 0.25) is 0 Å². The number of aliphatic carboxylic acids is 1. The Hall–Kier alpha value is -3.00. The summed E-state index contributed by atoms with van der Waals surface area (Å²) in [6.45, 7) is 2.28. The average Bonchev–Trinajstić information content (AvgIpc) is 3.13. The number of amides is 2. The van der Waals surface area contributed by atoms with E-state index in [9.17, 15) is 18.4 Å². The topological polar surface area (TPSA) is 70.1 Å². The van der Waals surface area contributed by atoms with Crippen LogP contribution in [0.3, 0.4) is 0 Å². The fourth-order valence-electron chi connectivity index (χ4n) is 3.42. The van der Waals surface area contributed by atoms with E-state index in [0.29, 0.717) is 18.5 Å². The summed E-state index contributed by atoms with van der Waals surface area (Å²) < 4.78 is 26.9. The molecule has 30 heavy (non-hydrogen) atoms. The predicted molar refractivity (Wildman–Crippen MR) is 107 cm³/mol. The summed E-state index contributed by atoms with van der Waals surface area (Å²) >= 11 is 0. The first kappa shape index (κ1) is 21.7. The maximum Gasteiger partial charge on any atom is 0.348 e. The molecule has 0 fully saturated rings. The molecule has 1 aliphatic rings. The van der Waals surface area contributed by atoms with Crippen molar-refractivity contribution in [2.75, 3.05) is 24.6 Å². The van der Waals surface area contributed by atoms with Gasteiger partial charge in [-0.05, 0) is 42.0 Å². The smallest absolute Gasteiger partial charge is 0.348 e. The first-order chi connectivity index (χ1) is 14.3. The number of benzene rings is 2. The van der Waals surface area contributed by atoms with E-state index in [2.05, 4.69) is 0 Å². The Balaban J connectivity index is 1.65. The Bertz CT molecular complexity index is 922. The number of para-hydroxylation sites is 1. The maximum atomic E-state index is 13.9. The van der Waals surface area contributed by atoms with Crippen LogP contribution in [0, 0.1) is 17.6 Å². The van der Waals surface area contributed by atoms with Gasteiger partial charge in [0, 0.05) is 18.3 Å². The summed E-state index contributed by atoms with van der Waals surface area (Å²) in [6.07, 6.45) is 0.747. The molecule has 8 heteroatoms. The van der Waals surface area contributed by atoms with Gasteiger partial charge < -0.3 is 5.11 Å². The second-order valence-corrected chi connectivity index (χ2v) is 7.40. The van der Waals surface area contributed by atoms with Crippen molar-refractivity contribution in [1.29, 1.82) is 0 Å². The summed E-state index contributed by atoms with van der Waals surface area (Å²) in [5.74, 6) is -2.50. The van der Waals surface area contributed by atoms with Gasteiger partial charge in [0.1, 0.15) is 11.6 Å². The number of fused-ring (bicyclic) bond motifs is 1. The van der Waals surface area contributed by atoms with Crippen LogP contribution in [-0.2, 0) is 22.5 Å². The fraction of sp³-hybridized carbons (Fsp3) is 0.364. The van der Waals surface area contributed by atoms with Gasteiger partial charge in [-0.3, -0.25) is 14.5 Å². The van der Waals surface area contributed by atoms with Crippen LogP contribution in [0.5, 0.6) is 0 Å². The van der Waals surface area contributed by atoms with Crippen molar-refractivity contribution in [3.63, 3.8) is 0 Å². The predicted octanol–water partition coefficient (Wildman–Crippen LogP) is 4.03. The summed E-state index contributed by atoms with van der Waals surface area (Å²) in [5.41, 5.74) is 2.18. The molecule has 6 nitrogen and oxygen atoms in total. The second kappa shape index (κ2) is 9.67. The number of carboxylic acid groups (broad SMARTS) is 1. The highest BCUT2D eigenvalue weighted by Crippen LogP contribution is 2.28. The Morgan fingerprint density at radius 2 is 2.00 bits per heavy atom. The molecule has 0 saturated heterocycles. The third-order valence-corrected chi connectivity index (χ3v) is 4.96. The number of carbonyl (C=O) groups is 2. The Kier molecular flexibility index (Phi) is 6.99. The van der Waals surface area contributed by atoms with Crippen LogP contribution < -0.4 is 4.90 Å². The maximum absolute atomic E-state index is 13.9. The van der Waals surface area contributed by atoms with E-state index in [-0.39, 0.29) is 25.5 Å². The number of hydroxylamine groups is 2. The third kappa shape index (κ3) is 5.33. The van der Waals surface area contributed by atoms with Gasteiger partial charge in [-0.25, -0.2) is 18.6 Å². The van der Waals surface area contributed by atoms with Gasteiger partial charge >= 0.3 is 12.0 Å². The molecular weight excluding hydrogens is 394 g/mol. The molecule has 1 heterocycles. The van der Waals surface area contributed by atoms with E-state index >= 15 is 0 Å². The minimum atomic E-state index is -1.04. The molecule has 0 spiro atoms. The quantitative estimate of drug-likeness (QED) is 0.657. The number of halogens is 2. The number of hydrogen-bond acceptors (Lipinski definition) is 3. The van der Waals surface area contributed by atoms with Gasteiger partial charge in [0.15, 0.2) is 0 Å². The van der Waals surface area contributed by atoms with E-state index in [1.807, 2.05) is 31.2 Å². The van der Waals surface area contributed by atoms with Crippen molar-refractivity contribution in [2.45, 2.75) is 26.2 Å². The summed E-state index contributed by atoms with van der Waals surface area (Å²) in [4.78, 5) is 31.3. The molecule has 2 amide bonds. The molecule has 1 unspecified atom stereocenters. The molecular formula is C22H24F2N2O4. The van der Waals surface area contributed by atoms with E-state index in [0.717, 1.165) is 28.8 Å². The van der Waals surface area contributed by atoms with Crippen LogP contribution in [0.4, 0.5) is 19.3 Å². The molecule has 160 valence electrons. The molecule has 1 aliphatic heterocycles. The number of nitrogens with zero attached hydrogens (tertiary/aromatic N) is 2. The van der Waals surface area contributed by atoms with Gasteiger partial charge in [-0.15, -0.1) is 0 Å². The number of carbonyl (C=O) groups excluding carboxylic acids is 1. The lowest BCUT2D eigenvalue weighted by Crippen LogP contribution is -2.44. The van der Waals surface area contributed by atoms with Crippen molar-refractivity contribution in [1.82, 2.24) is 5.06 Å². The lowest BCUT2D eigenvalue weighted by molar-refractivity contribution is -0.146. The number of anilines is 1. The van der Waals surface area contributed by atoms with E-state index in [1.54, 1.807) is 4.90 Å². The minimum Gasteiger partial charge on any atom is -0.481 e. The average molecular weight is 418 g/mol. The standard InChI is InChI=1S/C22H24F2N2O4/c1-15(12-17-6-7-18(23)13-19(17)24)14-30-26(11-9-21(27)28)22(29)25-10-8-16-4-2-3-5-20(16)25/h2-7,13,15H,8-12,14H2,1H3,(H,27,28). The van der Waals surface area contributed by atoms with Crippen LogP contribution in [0.25, 0.3) is 0 Å². The van der Waals surface area contributed by atoms with Crippen molar-refractivity contribution in [3.05, 3.63) is 65.2 Å². The van der Waals surface area contributed by atoms with Crippen molar-refractivity contribution < 1.29 is 28.3 Å². The SMILES string of the molecule is CC(CON(CCC(=O)O)C(=O)N1CCc2ccccc21)Cc1ccc(F)cc1F. The first-order valence-corrected chi connectivity index (χ1v) is 9.80. The number of rotatable bonds is 8. The second-order valence-electron chi connectivity index (χ2n) is 7.40. The fourth-order valence-corrected chi connectivity index (χ4v) is 3.42. The molecule has 0 bridgehead atoms. The minimum absolute atomic E-state index is 0.0810.